The Bertz CT molecular complexity index is 352. The molecule has 0 heterocycles. The first kappa shape index (κ1) is 12.4. The van der Waals surface area contributed by atoms with Crippen LogP contribution in [0, 0.1) is 5.92 Å². The fourth-order valence-electron chi connectivity index (χ4n) is 1.72. The number of halogens is 3. The van der Waals surface area contributed by atoms with Gasteiger partial charge in [-0.1, -0.05) is 12.1 Å². The van der Waals surface area contributed by atoms with E-state index in [1.165, 1.54) is 12.8 Å². The second-order valence-corrected chi connectivity index (χ2v) is 4.59. The SMILES string of the molecule is FC(F)(F)c1ccc(CCNCC2CC2)cc1. The minimum Gasteiger partial charge on any atom is -0.316 e. The fraction of sp³-hybridized carbons (Fsp3) is 0.538. The van der Waals surface area contributed by atoms with Crippen LogP contribution in [0.15, 0.2) is 24.3 Å². The normalized spacial score (nSPS) is 16.2. The molecule has 1 saturated carbocycles. The molecular formula is C13H16F3N. The number of hydrogen-bond acceptors (Lipinski definition) is 1. The Kier molecular flexibility index (Phi) is 3.72. The Labute approximate surface area is 99.0 Å². The number of rotatable bonds is 5. The summed E-state index contributed by atoms with van der Waals surface area (Å²) in [6.45, 7) is 1.88. The molecule has 1 nitrogen and oxygen atoms in total. The average Bonchev–Trinajstić information content (AvgIpc) is 3.08. The van der Waals surface area contributed by atoms with Crippen LogP contribution in [0.4, 0.5) is 13.2 Å². The zero-order chi connectivity index (χ0) is 12.3. The molecule has 1 aromatic carbocycles. The third kappa shape index (κ3) is 4.04. The van der Waals surface area contributed by atoms with Crippen molar-refractivity contribution in [3.63, 3.8) is 0 Å². The van der Waals surface area contributed by atoms with E-state index in [9.17, 15) is 13.2 Å². The Hall–Kier alpha value is -1.03. The Morgan fingerprint density at radius 3 is 2.29 bits per heavy atom. The molecule has 1 aliphatic rings. The molecule has 1 fully saturated rings. The molecule has 94 valence electrons. The van der Waals surface area contributed by atoms with Gasteiger partial charge < -0.3 is 5.32 Å². The summed E-state index contributed by atoms with van der Waals surface area (Å²) in [5.74, 6) is 0.836. The van der Waals surface area contributed by atoms with Crippen molar-refractivity contribution in [3.8, 4) is 0 Å². The van der Waals surface area contributed by atoms with Crippen molar-refractivity contribution in [1.29, 1.82) is 0 Å². The van der Waals surface area contributed by atoms with Crippen molar-refractivity contribution in [1.82, 2.24) is 5.32 Å². The first-order valence-electron chi connectivity index (χ1n) is 5.92. The van der Waals surface area contributed by atoms with E-state index < -0.39 is 11.7 Å². The highest BCUT2D eigenvalue weighted by atomic mass is 19.4. The topological polar surface area (TPSA) is 12.0 Å². The highest BCUT2D eigenvalue weighted by Gasteiger charge is 2.29. The zero-order valence-electron chi connectivity index (χ0n) is 9.56. The monoisotopic (exact) mass is 243 g/mol. The first-order valence-corrected chi connectivity index (χ1v) is 5.92. The molecule has 0 aromatic heterocycles. The Morgan fingerprint density at radius 2 is 1.76 bits per heavy atom. The summed E-state index contributed by atoms with van der Waals surface area (Å²) in [6.07, 6.45) is -0.825. The van der Waals surface area contributed by atoms with E-state index >= 15 is 0 Å². The third-order valence-corrected chi connectivity index (χ3v) is 3.00. The Morgan fingerprint density at radius 1 is 1.12 bits per heavy atom. The maximum Gasteiger partial charge on any atom is 0.416 e. The molecule has 2 rings (SSSR count). The minimum absolute atomic E-state index is 0.577. The van der Waals surface area contributed by atoms with Crippen LogP contribution in [0.2, 0.25) is 0 Å². The van der Waals surface area contributed by atoms with Crippen molar-refractivity contribution in [2.24, 2.45) is 5.92 Å². The Balaban J connectivity index is 1.76. The molecule has 0 saturated heterocycles. The second kappa shape index (κ2) is 5.08. The molecule has 0 spiro atoms. The second-order valence-electron chi connectivity index (χ2n) is 4.59. The van der Waals surface area contributed by atoms with Gasteiger partial charge in [0.2, 0.25) is 0 Å². The molecule has 17 heavy (non-hydrogen) atoms. The van der Waals surface area contributed by atoms with Gasteiger partial charge in [0, 0.05) is 0 Å². The predicted octanol–water partition coefficient (Wildman–Crippen LogP) is 3.25. The first-order chi connectivity index (χ1) is 8.05. The lowest BCUT2D eigenvalue weighted by molar-refractivity contribution is -0.137. The molecular weight excluding hydrogens is 227 g/mol. The van der Waals surface area contributed by atoms with Gasteiger partial charge in [0.25, 0.3) is 0 Å². The summed E-state index contributed by atoms with van der Waals surface area (Å²) >= 11 is 0. The number of alkyl halides is 3. The zero-order valence-corrected chi connectivity index (χ0v) is 9.56. The van der Waals surface area contributed by atoms with Crippen LogP contribution in [0.5, 0.6) is 0 Å². The molecule has 0 unspecified atom stereocenters. The number of hydrogen-bond donors (Lipinski definition) is 1. The predicted molar refractivity (Wildman–Crippen MR) is 60.7 cm³/mol. The van der Waals surface area contributed by atoms with Gasteiger partial charge in [0.15, 0.2) is 0 Å². The maximum absolute atomic E-state index is 12.3. The van der Waals surface area contributed by atoms with Crippen molar-refractivity contribution in [2.45, 2.75) is 25.4 Å². The van der Waals surface area contributed by atoms with E-state index in [2.05, 4.69) is 5.32 Å². The summed E-state index contributed by atoms with van der Waals surface area (Å²) in [4.78, 5) is 0. The van der Waals surface area contributed by atoms with Crippen LogP contribution in [0.3, 0.4) is 0 Å². The standard InChI is InChI=1S/C13H16F3N/c14-13(15,16)12-5-3-10(4-6-12)7-8-17-9-11-1-2-11/h3-6,11,17H,1-2,7-9H2. The van der Waals surface area contributed by atoms with Crippen molar-refractivity contribution >= 4 is 0 Å². The summed E-state index contributed by atoms with van der Waals surface area (Å²) < 4.78 is 36.9. The lowest BCUT2D eigenvalue weighted by Gasteiger charge is -2.08. The molecule has 0 aliphatic heterocycles. The van der Waals surface area contributed by atoms with E-state index in [-0.39, 0.29) is 0 Å². The molecule has 1 N–H and O–H groups in total. The van der Waals surface area contributed by atoms with Gasteiger partial charge in [-0.3, -0.25) is 0 Å². The van der Waals surface area contributed by atoms with Crippen LogP contribution in [0.25, 0.3) is 0 Å². The van der Waals surface area contributed by atoms with Gasteiger partial charge in [0.1, 0.15) is 0 Å². The average molecular weight is 243 g/mol. The van der Waals surface area contributed by atoms with E-state index in [1.54, 1.807) is 12.1 Å². The van der Waals surface area contributed by atoms with Gasteiger partial charge in [-0.2, -0.15) is 13.2 Å². The van der Waals surface area contributed by atoms with Crippen LogP contribution >= 0.6 is 0 Å². The van der Waals surface area contributed by atoms with Gasteiger partial charge in [-0.15, -0.1) is 0 Å². The third-order valence-electron chi connectivity index (χ3n) is 3.00. The maximum atomic E-state index is 12.3. The lowest BCUT2D eigenvalue weighted by Crippen LogP contribution is -2.19. The summed E-state index contributed by atoms with van der Waals surface area (Å²) in [7, 11) is 0. The summed E-state index contributed by atoms with van der Waals surface area (Å²) in [5.41, 5.74) is 0.369. The van der Waals surface area contributed by atoms with E-state index in [4.69, 9.17) is 0 Å². The summed E-state index contributed by atoms with van der Waals surface area (Å²) in [5, 5.41) is 3.32. The van der Waals surface area contributed by atoms with E-state index in [1.807, 2.05) is 0 Å². The van der Waals surface area contributed by atoms with Crippen molar-refractivity contribution in [2.75, 3.05) is 13.1 Å². The summed E-state index contributed by atoms with van der Waals surface area (Å²) in [6, 6.07) is 5.41. The van der Waals surface area contributed by atoms with Gasteiger partial charge >= 0.3 is 6.18 Å². The largest absolute Gasteiger partial charge is 0.416 e. The van der Waals surface area contributed by atoms with Crippen LogP contribution in [0.1, 0.15) is 24.0 Å². The quantitative estimate of drug-likeness (QED) is 0.783. The molecule has 1 aromatic rings. The molecule has 0 radical (unpaired) electrons. The van der Waals surface area contributed by atoms with Crippen LogP contribution in [-0.4, -0.2) is 13.1 Å². The van der Waals surface area contributed by atoms with Crippen LogP contribution in [-0.2, 0) is 12.6 Å². The fourth-order valence-corrected chi connectivity index (χ4v) is 1.72. The van der Waals surface area contributed by atoms with Gasteiger partial charge in [0.05, 0.1) is 5.56 Å². The smallest absolute Gasteiger partial charge is 0.316 e. The van der Waals surface area contributed by atoms with Crippen LogP contribution < -0.4 is 5.32 Å². The number of nitrogens with one attached hydrogen (secondary N) is 1. The van der Waals surface area contributed by atoms with E-state index in [0.29, 0.717) is 0 Å². The molecule has 0 atom stereocenters. The molecule has 0 amide bonds. The van der Waals surface area contributed by atoms with E-state index in [0.717, 1.165) is 43.1 Å². The minimum atomic E-state index is -4.23. The van der Waals surface area contributed by atoms with Crippen molar-refractivity contribution in [3.05, 3.63) is 35.4 Å². The molecule has 1 aliphatic carbocycles. The van der Waals surface area contributed by atoms with Crippen molar-refractivity contribution < 1.29 is 13.2 Å². The lowest BCUT2D eigenvalue weighted by atomic mass is 10.1. The molecule has 0 bridgehead atoms. The van der Waals surface area contributed by atoms with Gasteiger partial charge in [-0.05, 0) is 56.0 Å². The van der Waals surface area contributed by atoms with Gasteiger partial charge in [-0.25, -0.2) is 0 Å². The molecule has 4 heteroatoms. The highest BCUT2D eigenvalue weighted by Crippen LogP contribution is 2.29. The number of benzene rings is 1. The highest BCUT2D eigenvalue weighted by molar-refractivity contribution is 5.24.